The van der Waals surface area contributed by atoms with Crippen LogP contribution in [0.5, 0.6) is 0 Å². The minimum Gasteiger partial charge on any atom is -0.338 e. The van der Waals surface area contributed by atoms with Crippen molar-refractivity contribution in [3.05, 3.63) is 76.2 Å². The zero-order valence-electron chi connectivity index (χ0n) is 14.8. The van der Waals surface area contributed by atoms with Crippen LogP contribution in [0.1, 0.15) is 27.2 Å². The van der Waals surface area contributed by atoms with Crippen LogP contribution in [0, 0.1) is 20.8 Å². The molecule has 0 aliphatic carbocycles. The maximum absolute atomic E-state index is 12.5. The summed E-state index contributed by atoms with van der Waals surface area (Å²) in [4.78, 5) is 20.9. The number of para-hydroxylation sites is 1. The van der Waals surface area contributed by atoms with Crippen LogP contribution in [0.25, 0.3) is 0 Å². The van der Waals surface area contributed by atoms with E-state index in [-0.39, 0.29) is 11.6 Å². The van der Waals surface area contributed by atoms with Gasteiger partial charge in [0.1, 0.15) is 11.5 Å². The van der Waals surface area contributed by atoms with Crippen molar-refractivity contribution in [3.63, 3.8) is 0 Å². The van der Waals surface area contributed by atoms with Gasteiger partial charge in [-0.3, -0.25) is 4.79 Å². The number of aryl methyl sites for hydroxylation is 3. The van der Waals surface area contributed by atoms with E-state index in [0.29, 0.717) is 10.8 Å². The van der Waals surface area contributed by atoms with E-state index >= 15 is 0 Å². The van der Waals surface area contributed by atoms with E-state index < -0.39 is 0 Å². The number of carbonyl (C=O) groups excluding carboxylic acids is 1. The molecule has 0 saturated carbocycles. The topological polar surface area (TPSA) is 66.9 Å². The number of hydrogen-bond acceptors (Lipinski definition) is 4. The second-order valence-electron chi connectivity index (χ2n) is 6.12. The van der Waals surface area contributed by atoms with Gasteiger partial charge in [-0.25, -0.2) is 9.97 Å². The van der Waals surface area contributed by atoms with Crippen molar-refractivity contribution in [2.75, 3.05) is 10.6 Å². The lowest BCUT2D eigenvalue weighted by molar-refractivity contribution is 0.102. The summed E-state index contributed by atoms with van der Waals surface area (Å²) in [5.74, 6) is 0.217. The van der Waals surface area contributed by atoms with Crippen LogP contribution < -0.4 is 10.6 Å². The molecule has 0 bridgehead atoms. The zero-order valence-corrected chi connectivity index (χ0v) is 15.6. The van der Waals surface area contributed by atoms with Crippen molar-refractivity contribution < 1.29 is 4.79 Å². The van der Waals surface area contributed by atoms with Crippen molar-refractivity contribution in [1.29, 1.82) is 0 Å². The number of nitrogens with one attached hydrogen (secondary N) is 2. The molecule has 1 heterocycles. The summed E-state index contributed by atoms with van der Waals surface area (Å²) in [6.07, 6.45) is 2.94. The summed E-state index contributed by atoms with van der Waals surface area (Å²) in [5, 5.41) is 6.58. The standard InChI is InChI=1S/C20H19ClN4O/c1-12-8-13(2)19(14(3)9-12)25-20(26)17-10-23-18(11-22-17)24-16-7-5-4-6-15(16)21/h4-11H,1-3H3,(H,23,24)(H,25,26). The first-order chi connectivity index (χ1) is 12.4. The van der Waals surface area contributed by atoms with E-state index in [9.17, 15) is 4.79 Å². The molecule has 0 unspecified atom stereocenters. The van der Waals surface area contributed by atoms with Crippen LogP contribution in [-0.2, 0) is 0 Å². The Morgan fingerprint density at radius 1 is 1.00 bits per heavy atom. The fourth-order valence-electron chi connectivity index (χ4n) is 2.77. The predicted molar refractivity (Wildman–Crippen MR) is 105 cm³/mol. The Labute approximate surface area is 157 Å². The van der Waals surface area contributed by atoms with Crippen LogP contribution in [0.2, 0.25) is 5.02 Å². The first-order valence-corrected chi connectivity index (χ1v) is 8.54. The fraction of sp³-hybridized carbons (Fsp3) is 0.150. The van der Waals surface area contributed by atoms with Crippen molar-refractivity contribution in [3.8, 4) is 0 Å². The average Bonchev–Trinajstić information content (AvgIpc) is 2.60. The van der Waals surface area contributed by atoms with Gasteiger partial charge in [-0.1, -0.05) is 41.4 Å². The Kier molecular flexibility index (Phi) is 5.19. The van der Waals surface area contributed by atoms with Gasteiger partial charge in [0.2, 0.25) is 0 Å². The fourth-order valence-corrected chi connectivity index (χ4v) is 2.95. The summed E-state index contributed by atoms with van der Waals surface area (Å²) in [5.41, 5.74) is 4.97. The van der Waals surface area contributed by atoms with Crippen LogP contribution in [-0.4, -0.2) is 15.9 Å². The quantitative estimate of drug-likeness (QED) is 0.678. The number of anilines is 3. The Morgan fingerprint density at radius 2 is 1.69 bits per heavy atom. The molecular weight excluding hydrogens is 348 g/mol. The molecule has 1 aromatic heterocycles. The van der Waals surface area contributed by atoms with Gasteiger partial charge >= 0.3 is 0 Å². The van der Waals surface area contributed by atoms with Gasteiger partial charge < -0.3 is 10.6 Å². The van der Waals surface area contributed by atoms with Gasteiger partial charge in [0.05, 0.1) is 23.1 Å². The molecule has 26 heavy (non-hydrogen) atoms. The highest BCUT2D eigenvalue weighted by Gasteiger charge is 2.12. The smallest absolute Gasteiger partial charge is 0.275 e. The molecule has 0 saturated heterocycles. The normalized spacial score (nSPS) is 10.5. The summed E-state index contributed by atoms with van der Waals surface area (Å²) in [6.45, 7) is 5.97. The van der Waals surface area contributed by atoms with Crippen molar-refractivity contribution in [2.24, 2.45) is 0 Å². The molecule has 0 radical (unpaired) electrons. The second kappa shape index (κ2) is 7.54. The highest BCUT2D eigenvalue weighted by Crippen LogP contribution is 2.24. The zero-order chi connectivity index (χ0) is 18.7. The number of halogens is 1. The number of benzene rings is 2. The molecule has 2 aromatic carbocycles. The Hall–Kier alpha value is -2.92. The van der Waals surface area contributed by atoms with Crippen molar-refractivity contribution in [1.82, 2.24) is 9.97 Å². The minimum atomic E-state index is -0.295. The van der Waals surface area contributed by atoms with Crippen molar-refractivity contribution >= 4 is 34.7 Å². The lowest BCUT2D eigenvalue weighted by atomic mass is 10.1. The Balaban J connectivity index is 1.74. The maximum Gasteiger partial charge on any atom is 0.275 e. The lowest BCUT2D eigenvalue weighted by Gasteiger charge is -2.12. The predicted octanol–water partition coefficient (Wildman–Crippen LogP) is 5.05. The van der Waals surface area contributed by atoms with E-state index in [2.05, 4.69) is 20.6 Å². The molecule has 0 fully saturated rings. The Morgan fingerprint density at radius 3 is 2.31 bits per heavy atom. The van der Waals surface area contributed by atoms with Gasteiger partial charge in [-0.2, -0.15) is 0 Å². The van der Waals surface area contributed by atoms with Gasteiger partial charge in [0.25, 0.3) is 5.91 Å². The first-order valence-electron chi connectivity index (χ1n) is 8.17. The van der Waals surface area contributed by atoms with E-state index in [1.165, 1.54) is 12.4 Å². The summed E-state index contributed by atoms with van der Waals surface area (Å²) in [7, 11) is 0. The van der Waals surface area contributed by atoms with Gasteiger partial charge in [-0.15, -0.1) is 0 Å². The van der Waals surface area contributed by atoms with Gasteiger partial charge in [0, 0.05) is 5.69 Å². The number of aromatic nitrogens is 2. The molecular formula is C20H19ClN4O. The number of carbonyl (C=O) groups is 1. The lowest BCUT2D eigenvalue weighted by Crippen LogP contribution is -2.16. The van der Waals surface area contributed by atoms with Crippen LogP contribution in [0.15, 0.2) is 48.8 Å². The van der Waals surface area contributed by atoms with E-state index in [1.54, 1.807) is 6.07 Å². The number of rotatable bonds is 4. The van der Waals surface area contributed by atoms with Crippen LogP contribution in [0.3, 0.4) is 0 Å². The molecule has 1 amide bonds. The molecule has 3 rings (SSSR count). The Bertz CT molecular complexity index is 931. The molecule has 5 nitrogen and oxygen atoms in total. The van der Waals surface area contributed by atoms with Gasteiger partial charge in [-0.05, 0) is 44.0 Å². The third kappa shape index (κ3) is 4.00. The highest BCUT2D eigenvalue weighted by atomic mass is 35.5. The summed E-state index contributed by atoms with van der Waals surface area (Å²) >= 11 is 6.11. The summed E-state index contributed by atoms with van der Waals surface area (Å²) < 4.78 is 0. The molecule has 2 N–H and O–H groups in total. The largest absolute Gasteiger partial charge is 0.338 e. The molecule has 0 atom stereocenters. The van der Waals surface area contributed by atoms with Crippen LogP contribution in [0.4, 0.5) is 17.2 Å². The molecule has 0 aliphatic heterocycles. The first kappa shape index (κ1) is 17.9. The SMILES string of the molecule is Cc1cc(C)c(NC(=O)c2cnc(Nc3ccccc3Cl)cn2)c(C)c1. The van der Waals surface area contributed by atoms with Crippen molar-refractivity contribution in [2.45, 2.75) is 20.8 Å². The number of amides is 1. The van der Waals surface area contributed by atoms with E-state index in [4.69, 9.17) is 11.6 Å². The second-order valence-corrected chi connectivity index (χ2v) is 6.53. The monoisotopic (exact) mass is 366 g/mol. The average molecular weight is 367 g/mol. The van der Waals surface area contributed by atoms with E-state index in [0.717, 1.165) is 28.1 Å². The molecule has 0 aliphatic rings. The molecule has 3 aromatic rings. The minimum absolute atomic E-state index is 0.245. The molecule has 0 spiro atoms. The third-order valence-electron chi connectivity index (χ3n) is 3.94. The third-order valence-corrected chi connectivity index (χ3v) is 4.27. The maximum atomic E-state index is 12.5. The van der Waals surface area contributed by atoms with Gasteiger partial charge in [0.15, 0.2) is 0 Å². The number of nitrogens with zero attached hydrogens (tertiary/aromatic N) is 2. The molecule has 132 valence electrons. The van der Waals surface area contributed by atoms with Crippen LogP contribution >= 0.6 is 11.6 Å². The summed E-state index contributed by atoms with van der Waals surface area (Å²) in [6, 6.07) is 11.4. The molecule has 6 heteroatoms. The number of hydrogen-bond donors (Lipinski definition) is 2. The highest BCUT2D eigenvalue weighted by molar-refractivity contribution is 6.33. The van der Waals surface area contributed by atoms with E-state index in [1.807, 2.05) is 51.1 Å².